The second kappa shape index (κ2) is 6.33. The maximum atomic E-state index is 10.8. The topological polar surface area (TPSA) is 140 Å². The minimum atomic E-state index is -1.10. The average molecular weight is 258 g/mol. The van der Waals surface area contributed by atoms with Gasteiger partial charge in [-0.05, 0) is 12.1 Å². The number of carbonyl (C=O) groups is 1. The zero-order chi connectivity index (χ0) is 12.1. The lowest BCUT2D eigenvalue weighted by molar-refractivity contribution is 0.0698. The van der Waals surface area contributed by atoms with Gasteiger partial charge in [0, 0.05) is 0 Å². The van der Waals surface area contributed by atoms with Gasteiger partial charge in [-0.2, -0.15) is 4.99 Å². The number of para-hydroxylation sites is 1. The average Bonchev–Trinajstić information content (AvgIpc) is 2.16. The summed E-state index contributed by atoms with van der Waals surface area (Å²) >= 11 is 0. The predicted octanol–water partition coefficient (Wildman–Crippen LogP) is 0.0262. The number of carboxylic acids is 1. The number of rotatable bonds is 2. The second-order valence-electron chi connectivity index (χ2n) is 2.83. The number of nitrogens with zero attached hydrogens (tertiary/aromatic N) is 2. The van der Waals surface area contributed by atoms with Crippen molar-refractivity contribution in [3.8, 4) is 0 Å². The zero-order valence-electron chi connectivity index (χ0n) is 8.70. The fourth-order valence-corrected chi connectivity index (χ4v) is 1.03. The van der Waals surface area contributed by atoms with Crippen molar-refractivity contribution in [1.29, 1.82) is 0 Å². The molecule has 1 rings (SSSR count). The highest BCUT2D eigenvalue weighted by atomic mass is 35.5. The van der Waals surface area contributed by atoms with Gasteiger partial charge in [0.2, 0.25) is 5.96 Å². The summed E-state index contributed by atoms with van der Waals surface area (Å²) < 4.78 is 0. The molecule has 17 heavy (non-hydrogen) atoms. The maximum absolute atomic E-state index is 10.8. The Labute approximate surface area is 103 Å². The first-order valence-electron chi connectivity index (χ1n) is 4.27. The van der Waals surface area contributed by atoms with Crippen LogP contribution >= 0.6 is 12.4 Å². The van der Waals surface area contributed by atoms with Gasteiger partial charge in [0.1, 0.15) is 0 Å². The number of aromatic carboxylic acids is 1. The number of benzene rings is 1. The monoisotopic (exact) mass is 257 g/mol. The van der Waals surface area contributed by atoms with Gasteiger partial charge < -0.3 is 22.3 Å². The first kappa shape index (κ1) is 14.7. The molecule has 0 bridgehead atoms. The molecule has 0 unspecified atom stereocenters. The number of guanidine groups is 2. The predicted molar refractivity (Wildman–Crippen MR) is 67.7 cm³/mol. The van der Waals surface area contributed by atoms with Crippen LogP contribution in [-0.4, -0.2) is 23.0 Å². The van der Waals surface area contributed by atoms with Crippen molar-refractivity contribution in [2.45, 2.75) is 0 Å². The molecule has 7 N–H and O–H groups in total. The SMILES string of the molecule is Cl.NC(N)=NC(N)=Nc1ccccc1C(=O)O. The van der Waals surface area contributed by atoms with E-state index in [1.54, 1.807) is 12.1 Å². The zero-order valence-corrected chi connectivity index (χ0v) is 9.52. The molecule has 0 saturated carbocycles. The van der Waals surface area contributed by atoms with Gasteiger partial charge in [-0.25, -0.2) is 9.79 Å². The molecule has 0 aliphatic carbocycles. The third kappa shape index (κ3) is 4.39. The molecule has 0 aliphatic heterocycles. The van der Waals surface area contributed by atoms with Crippen molar-refractivity contribution in [1.82, 2.24) is 0 Å². The van der Waals surface area contributed by atoms with Crippen LogP contribution in [0.25, 0.3) is 0 Å². The van der Waals surface area contributed by atoms with Crippen molar-refractivity contribution in [3.05, 3.63) is 29.8 Å². The number of nitrogens with two attached hydrogens (primary N) is 3. The lowest BCUT2D eigenvalue weighted by Gasteiger charge is -2.00. The van der Waals surface area contributed by atoms with E-state index >= 15 is 0 Å². The Morgan fingerprint density at radius 1 is 1.18 bits per heavy atom. The van der Waals surface area contributed by atoms with E-state index in [1.165, 1.54) is 12.1 Å². The molecule has 0 saturated heterocycles. The Bertz CT molecular complexity index is 468. The molecule has 0 aliphatic rings. The highest BCUT2D eigenvalue weighted by Gasteiger charge is 2.08. The van der Waals surface area contributed by atoms with Crippen molar-refractivity contribution < 1.29 is 9.90 Å². The van der Waals surface area contributed by atoms with E-state index in [4.69, 9.17) is 22.3 Å². The highest BCUT2D eigenvalue weighted by Crippen LogP contribution is 2.18. The highest BCUT2D eigenvalue weighted by molar-refractivity contribution is 5.97. The van der Waals surface area contributed by atoms with Gasteiger partial charge >= 0.3 is 5.97 Å². The molecule has 0 amide bonds. The molecule has 0 aromatic heterocycles. The normalized spacial score (nSPS) is 10.2. The van der Waals surface area contributed by atoms with Gasteiger partial charge in [-0.15, -0.1) is 12.4 Å². The molecular formula is C9H12ClN5O2. The number of halogens is 1. The summed E-state index contributed by atoms with van der Waals surface area (Å²) in [5, 5.41) is 8.87. The lowest BCUT2D eigenvalue weighted by Crippen LogP contribution is -2.26. The molecule has 0 spiro atoms. The van der Waals surface area contributed by atoms with Gasteiger partial charge in [-0.1, -0.05) is 12.1 Å². The number of carboxylic acid groups (broad SMARTS) is 1. The van der Waals surface area contributed by atoms with Crippen molar-refractivity contribution in [2.24, 2.45) is 27.2 Å². The summed E-state index contributed by atoms with van der Waals surface area (Å²) in [7, 11) is 0. The van der Waals surface area contributed by atoms with Crippen LogP contribution in [-0.2, 0) is 0 Å². The molecule has 0 radical (unpaired) electrons. The minimum Gasteiger partial charge on any atom is -0.478 e. The van der Waals surface area contributed by atoms with Crippen LogP contribution in [0.15, 0.2) is 34.3 Å². The van der Waals surface area contributed by atoms with E-state index in [9.17, 15) is 4.79 Å². The van der Waals surface area contributed by atoms with Crippen molar-refractivity contribution in [2.75, 3.05) is 0 Å². The molecule has 92 valence electrons. The van der Waals surface area contributed by atoms with E-state index in [-0.39, 0.29) is 35.6 Å². The molecular weight excluding hydrogens is 246 g/mol. The summed E-state index contributed by atoms with van der Waals surface area (Å²) in [5.41, 5.74) is 15.8. The van der Waals surface area contributed by atoms with E-state index in [0.29, 0.717) is 0 Å². The number of aliphatic imine (C=N–C) groups is 2. The van der Waals surface area contributed by atoms with E-state index < -0.39 is 5.97 Å². The molecule has 0 fully saturated rings. The second-order valence-corrected chi connectivity index (χ2v) is 2.83. The lowest BCUT2D eigenvalue weighted by atomic mass is 10.2. The van der Waals surface area contributed by atoms with Crippen molar-refractivity contribution >= 4 is 36.0 Å². The fourth-order valence-electron chi connectivity index (χ4n) is 1.03. The van der Waals surface area contributed by atoms with Crippen LogP contribution in [0.4, 0.5) is 5.69 Å². The standard InChI is InChI=1S/C9H11N5O2.ClH/c10-8(11)14-9(12)13-6-4-2-1-3-5(6)7(15)16;/h1-4H,(H,15,16)(H6,10,11,12,13,14);1H. The third-order valence-corrected chi connectivity index (χ3v) is 1.61. The van der Waals surface area contributed by atoms with Gasteiger partial charge in [0.25, 0.3) is 0 Å². The molecule has 1 aromatic carbocycles. The van der Waals surface area contributed by atoms with Gasteiger partial charge in [-0.3, -0.25) is 0 Å². The molecule has 1 aromatic rings. The quantitative estimate of drug-likeness (QED) is 0.437. The number of hydrogen-bond donors (Lipinski definition) is 4. The molecule has 0 heterocycles. The summed E-state index contributed by atoms with van der Waals surface area (Å²) in [6.07, 6.45) is 0. The Hall–Kier alpha value is -2.28. The largest absolute Gasteiger partial charge is 0.478 e. The van der Waals surface area contributed by atoms with E-state index in [0.717, 1.165) is 0 Å². The summed E-state index contributed by atoms with van der Waals surface area (Å²) in [5.74, 6) is -1.54. The van der Waals surface area contributed by atoms with Crippen LogP contribution in [0.5, 0.6) is 0 Å². The maximum Gasteiger partial charge on any atom is 0.337 e. The van der Waals surface area contributed by atoms with Crippen LogP contribution < -0.4 is 17.2 Å². The Kier molecular flexibility index (Phi) is 5.48. The molecule has 7 nitrogen and oxygen atoms in total. The molecule has 0 atom stereocenters. The van der Waals surface area contributed by atoms with E-state index in [2.05, 4.69) is 9.98 Å². The Balaban J connectivity index is 0.00000256. The smallest absolute Gasteiger partial charge is 0.337 e. The van der Waals surface area contributed by atoms with Gasteiger partial charge in [0.05, 0.1) is 11.3 Å². The molecule has 8 heteroatoms. The third-order valence-electron chi connectivity index (χ3n) is 1.61. The van der Waals surface area contributed by atoms with Crippen LogP contribution in [0.2, 0.25) is 0 Å². The Morgan fingerprint density at radius 3 is 2.29 bits per heavy atom. The minimum absolute atomic E-state index is 0. The van der Waals surface area contributed by atoms with Crippen LogP contribution in [0.1, 0.15) is 10.4 Å². The number of hydrogen-bond acceptors (Lipinski definition) is 2. The first-order valence-corrected chi connectivity index (χ1v) is 4.27. The van der Waals surface area contributed by atoms with Crippen LogP contribution in [0.3, 0.4) is 0 Å². The fraction of sp³-hybridized carbons (Fsp3) is 0. The summed E-state index contributed by atoms with van der Waals surface area (Å²) in [6.45, 7) is 0. The summed E-state index contributed by atoms with van der Waals surface area (Å²) in [6, 6.07) is 6.12. The first-order chi connectivity index (χ1) is 7.50. The van der Waals surface area contributed by atoms with Gasteiger partial charge in [0.15, 0.2) is 5.96 Å². The van der Waals surface area contributed by atoms with Crippen molar-refractivity contribution in [3.63, 3.8) is 0 Å². The van der Waals surface area contributed by atoms with E-state index in [1.807, 2.05) is 0 Å². The van der Waals surface area contributed by atoms with Crippen LogP contribution in [0, 0.1) is 0 Å². The summed E-state index contributed by atoms with van der Waals surface area (Å²) in [4.78, 5) is 18.1. The Morgan fingerprint density at radius 2 is 1.76 bits per heavy atom.